The second kappa shape index (κ2) is 6.23. The fraction of sp³-hybridized carbons (Fsp3) is 0.143. The highest BCUT2D eigenvalue weighted by Crippen LogP contribution is 2.31. The molecule has 0 bridgehead atoms. The first-order valence-corrected chi connectivity index (χ1v) is 6.80. The van der Waals surface area contributed by atoms with E-state index in [0.29, 0.717) is 11.6 Å². The molecule has 0 unspecified atom stereocenters. The lowest BCUT2D eigenvalue weighted by Gasteiger charge is -2.06. The van der Waals surface area contributed by atoms with Crippen LogP contribution in [0.4, 0.5) is 4.39 Å². The lowest BCUT2D eigenvalue weighted by molar-refractivity contribution is 0.624. The number of rotatable bonds is 4. The maximum Gasteiger partial charge on any atom is 0.124 e. The van der Waals surface area contributed by atoms with Crippen LogP contribution >= 0.6 is 23.4 Å². The van der Waals surface area contributed by atoms with Gasteiger partial charge >= 0.3 is 0 Å². The maximum atomic E-state index is 13.1. The molecule has 1 nitrogen and oxygen atoms in total. The first kappa shape index (κ1) is 13.4. The molecule has 2 rings (SSSR count). The van der Waals surface area contributed by atoms with Gasteiger partial charge in [-0.25, -0.2) is 4.39 Å². The third-order valence-electron chi connectivity index (χ3n) is 2.47. The van der Waals surface area contributed by atoms with Crippen LogP contribution in [0.15, 0.2) is 52.3 Å². The minimum Gasteiger partial charge on any atom is -0.330 e. The van der Waals surface area contributed by atoms with Crippen molar-refractivity contribution in [1.82, 2.24) is 0 Å². The van der Waals surface area contributed by atoms with Crippen molar-refractivity contribution in [2.24, 2.45) is 5.73 Å². The van der Waals surface area contributed by atoms with E-state index in [-0.39, 0.29) is 5.82 Å². The topological polar surface area (TPSA) is 26.0 Å². The first-order chi connectivity index (χ1) is 8.69. The molecule has 4 heteroatoms. The number of hydrogen-bond acceptors (Lipinski definition) is 2. The summed E-state index contributed by atoms with van der Waals surface area (Å²) in [5, 5.41) is 0.710. The van der Waals surface area contributed by atoms with E-state index >= 15 is 0 Å². The fourth-order valence-electron chi connectivity index (χ4n) is 1.62. The van der Waals surface area contributed by atoms with Crippen LogP contribution in [0.2, 0.25) is 5.02 Å². The molecule has 94 valence electrons. The molecular weight excluding hydrogens is 269 g/mol. The highest BCUT2D eigenvalue weighted by atomic mass is 35.5. The zero-order valence-electron chi connectivity index (χ0n) is 9.70. The quantitative estimate of drug-likeness (QED) is 0.912. The summed E-state index contributed by atoms with van der Waals surface area (Å²) in [4.78, 5) is 1.85. The monoisotopic (exact) mass is 281 g/mol. The van der Waals surface area contributed by atoms with E-state index < -0.39 is 0 Å². The summed E-state index contributed by atoms with van der Waals surface area (Å²) in [6.45, 7) is 0.579. The van der Waals surface area contributed by atoms with Crippen molar-refractivity contribution >= 4 is 23.4 Å². The molecule has 0 heterocycles. The molecule has 0 radical (unpaired) electrons. The molecular formula is C14H13ClFNS. The number of nitrogens with two attached hydrogens (primary N) is 1. The molecule has 2 N–H and O–H groups in total. The van der Waals surface area contributed by atoms with Crippen LogP contribution in [0.1, 0.15) is 5.56 Å². The average molecular weight is 282 g/mol. The molecule has 0 spiro atoms. The highest BCUT2D eigenvalue weighted by Gasteiger charge is 2.03. The number of benzene rings is 2. The Labute approximate surface area is 115 Å². The van der Waals surface area contributed by atoms with Crippen LogP contribution in [0.3, 0.4) is 0 Å². The lowest BCUT2D eigenvalue weighted by atomic mass is 10.1. The van der Waals surface area contributed by atoms with Gasteiger partial charge < -0.3 is 5.73 Å². The van der Waals surface area contributed by atoms with Crippen LogP contribution in [0, 0.1) is 5.82 Å². The normalized spacial score (nSPS) is 10.6. The molecule has 2 aromatic carbocycles. The van der Waals surface area contributed by atoms with Crippen molar-refractivity contribution in [2.45, 2.75) is 16.2 Å². The average Bonchev–Trinajstić information content (AvgIpc) is 2.33. The van der Waals surface area contributed by atoms with E-state index in [0.717, 1.165) is 21.8 Å². The Hall–Kier alpha value is -1.03. The Morgan fingerprint density at radius 3 is 2.56 bits per heavy atom. The summed E-state index contributed by atoms with van der Waals surface area (Å²) in [7, 11) is 0. The van der Waals surface area contributed by atoms with Gasteiger partial charge in [0.25, 0.3) is 0 Å². The van der Waals surface area contributed by atoms with Crippen LogP contribution in [-0.2, 0) is 6.42 Å². The molecule has 2 aromatic rings. The summed E-state index contributed by atoms with van der Waals surface area (Å²) in [6.07, 6.45) is 0.768. The van der Waals surface area contributed by atoms with Gasteiger partial charge in [-0.15, -0.1) is 0 Å². The van der Waals surface area contributed by atoms with Gasteiger partial charge in [-0.05, 0) is 48.9 Å². The Bertz CT molecular complexity index is 545. The molecule has 0 saturated carbocycles. The molecule has 0 aliphatic heterocycles. The lowest BCUT2D eigenvalue weighted by Crippen LogP contribution is -2.02. The minimum absolute atomic E-state index is 0.231. The molecule has 0 atom stereocenters. The predicted molar refractivity (Wildman–Crippen MR) is 74.7 cm³/mol. The van der Waals surface area contributed by atoms with Gasteiger partial charge in [0.15, 0.2) is 0 Å². The molecule has 0 aliphatic rings. The van der Waals surface area contributed by atoms with E-state index in [2.05, 4.69) is 0 Å². The van der Waals surface area contributed by atoms with Crippen molar-refractivity contribution < 1.29 is 4.39 Å². The fourth-order valence-corrected chi connectivity index (χ4v) is 2.86. The van der Waals surface area contributed by atoms with E-state index in [1.54, 1.807) is 6.07 Å². The maximum absolute atomic E-state index is 13.1. The van der Waals surface area contributed by atoms with Crippen molar-refractivity contribution in [3.05, 3.63) is 58.9 Å². The third-order valence-corrected chi connectivity index (χ3v) is 3.80. The summed E-state index contributed by atoms with van der Waals surface area (Å²) in [5.41, 5.74) is 6.55. The van der Waals surface area contributed by atoms with Gasteiger partial charge in [-0.2, -0.15) is 0 Å². The second-order valence-corrected chi connectivity index (χ2v) is 5.41. The van der Waals surface area contributed by atoms with Crippen LogP contribution in [0.5, 0.6) is 0 Å². The largest absolute Gasteiger partial charge is 0.330 e. The van der Waals surface area contributed by atoms with Gasteiger partial charge in [-0.1, -0.05) is 35.5 Å². The van der Waals surface area contributed by atoms with E-state index in [9.17, 15) is 4.39 Å². The molecule has 0 aliphatic carbocycles. The van der Waals surface area contributed by atoms with Crippen molar-refractivity contribution in [2.75, 3.05) is 6.54 Å². The summed E-state index contributed by atoms with van der Waals surface area (Å²) in [6, 6.07) is 12.3. The van der Waals surface area contributed by atoms with Crippen LogP contribution in [0.25, 0.3) is 0 Å². The standard InChI is InChI=1S/C14H13ClFNS/c15-14-9-13(5-4-10(14)6-7-17)18-12-3-1-2-11(16)8-12/h1-5,8-9H,6-7,17H2. The first-order valence-electron chi connectivity index (χ1n) is 5.61. The smallest absolute Gasteiger partial charge is 0.124 e. The molecule has 0 saturated heterocycles. The van der Waals surface area contributed by atoms with Crippen LogP contribution in [-0.4, -0.2) is 6.54 Å². The number of halogens is 2. The third kappa shape index (κ3) is 3.48. The summed E-state index contributed by atoms with van der Waals surface area (Å²) >= 11 is 7.65. The van der Waals surface area contributed by atoms with Crippen molar-refractivity contribution in [3.8, 4) is 0 Å². The molecule has 0 fully saturated rings. The van der Waals surface area contributed by atoms with Gasteiger partial charge in [-0.3, -0.25) is 0 Å². The van der Waals surface area contributed by atoms with Gasteiger partial charge in [0, 0.05) is 14.8 Å². The van der Waals surface area contributed by atoms with Gasteiger partial charge in [0.2, 0.25) is 0 Å². The second-order valence-electron chi connectivity index (χ2n) is 3.85. The minimum atomic E-state index is -0.231. The molecule has 18 heavy (non-hydrogen) atoms. The molecule has 0 aromatic heterocycles. The Balaban J connectivity index is 2.17. The Morgan fingerprint density at radius 2 is 1.89 bits per heavy atom. The highest BCUT2D eigenvalue weighted by molar-refractivity contribution is 7.99. The molecule has 0 amide bonds. The van der Waals surface area contributed by atoms with E-state index in [1.807, 2.05) is 24.3 Å². The van der Waals surface area contributed by atoms with Gasteiger partial charge in [0.1, 0.15) is 5.82 Å². The summed E-state index contributed by atoms with van der Waals surface area (Å²) < 4.78 is 13.1. The Morgan fingerprint density at radius 1 is 1.11 bits per heavy atom. The SMILES string of the molecule is NCCc1ccc(Sc2cccc(F)c2)cc1Cl. The van der Waals surface area contributed by atoms with Crippen molar-refractivity contribution in [1.29, 1.82) is 0 Å². The number of hydrogen-bond donors (Lipinski definition) is 1. The van der Waals surface area contributed by atoms with Crippen molar-refractivity contribution in [3.63, 3.8) is 0 Å². The zero-order valence-corrected chi connectivity index (χ0v) is 11.3. The zero-order chi connectivity index (χ0) is 13.0. The van der Waals surface area contributed by atoms with Crippen LogP contribution < -0.4 is 5.73 Å². The van der Waals surface area contributed by atoms with E-state index in [4.69, 9.17) is 17.3 Å². The predicted octanol–water partition coefficient (Wildman–Crippen LogP) is 4.13. The van der Waals surface area contributed by atoms with Gasteiger partial charge in [0.05, 0.1) is 0 Å². The Kier molecular flexibility index (Phi) is 4.64. The van der Waals surface area contributed by atoms with E-state index in [1.165, 1.54) is 23.9 Å². The summed E-state index contributed by atoms with van der Waals surface area (Å²) in [5.74, 6) is -0.231.